The average Bonchev–Trinajstić information content (AvgIpc) is 2.61. The molecule has 0 aliphatic heterocycles. The summed E-state index contributed by atoms with van der Waals surface area (Å²) in [5, 5.41) is 0. The maximum Gasteiger partial charge on any atom is 0.359 e. The summed E-state index contributed by atoms with van der Waals surface area (Å²) in [5.41, 5.74) is 1.73. The van der Waals surface area contributed by atoms with Crippen LogP contribution < -0.4 is 4.74 Å². The second kappa shape index (κ2) is 8.77. The summed E-state index contributed by atoms with van der Waals surface area (Å²) >= 11 is 0. The number of rotatable bonds is 7. The number of carbonyl (C=O) groups is 2. The van der Waals surface area contributed by atoms with E-state index in [1.165, 1.54) is 17.3 Å². The number of hydrogen-bond acceptors (Lipinski definition) is 6. The Morgan fingerprint density at radius 2 is 1.84 bits per heavy atom. The lowest BCUT2D eigenvalue weighted by Gasteiger charge is -2.17. The number of ether oxygens (including phenoxy) is 2. The van der Waals surface area contributed by atoms with E-state index in [9.17, 15) is 9.59 Å². The maximum absolute atomic E-state index is 12.1. The van der Waals surface area contributed by atoms with Gasteiger partial charge in [0, 0.05) is 19.8 Å². The van der Waals surface area contributed by atoms with Crippen molar-refractivity contribution in [3.63, 3.8) is 0 Å². The van der Waals surface area contributed by atoms with Crippen molar-refractivity contribution in [3.05, 3.63) is 53.6 Å². The summed E-state index contributed by atoms with van der Waals surface area (Å²) in [7, 11) is 1.65. The number of hydrogen-bond donors (Lipinski definition) is 0. The zero-order valence-corrected chi connectivity index (χ0v) is 14.6. The minimum atomic E-state index is -0.671. The lowest BCUT2D eigenvalue weighted by molar-refractivity contribution is -0.133. The minimum Gasteiger partial charge on any atom is -0.494 e. The van der Waals surface area contributed by atoms with E-state index >= 15 is 0 Å². The number of nitrogens with zero attached hydrogens (tertiary/aromatic N) is 3. The molecule has 132 valence electrons. The van der Waals surface area contributed by atoms with E-state index in [-0.39, 0.29) is 18.2 Å². The molecule has 7 heteroatoms. The number of esters is 1. The number of carbonyl (C=O) groups excluding carboxylic acids is 2. The van der Waals surface area contributed by atoms with Crippen LogP contribution in [0.2, 0.25) is 0 Å². The molecule has 25 heavy (non-hydrogen) atoms. The molecule has 0 unspecified atom stereocenters. The molecule has 0 radical (unpaired) electrons. The molecular weight excluding hydrogens is 322 g/mol. The molecule has 1 aromatic heterocycles. The van der Waals surface area contributed by atoms with Crippen molar-refractivity contribution in [2.45, 2.75) is 20.4 Å². The molecule has 1 aromatic carbocycles. The van der Waals surface area contributed by atoms with Gasteiger partial charge >= 0.3 is 5.97 Å². The van der Waals surface area contributed by atoms with E-state index in [0.717, 1.165) is 11.3 Å². The molecule has 0 bridgehead atoms. The quantitative estimate of drug-likeness (QED) is 0.715. The fraction of sp³-hybridized carbons (Fsp3) is 0.333. The molecule has 1 heterocycles. The van der Waals surface area contributed by atoms with Crippen molar-refractivity contribution in [1.29, 1.82) is 0 Å². The molecule has 0 aliphatic rings. The SMILES string of the molecule is CCOc1ccc(CN(C)C(=O)COC(=O)c2cnc(C)cn2)cc1. The molecule has 0 saturated heterocycles. The smallest absolute Gasteiger partial charge is 0.359 e. The Bertz CT molecular complexity index is 714. The second-order valence-electron chi connectivity index (χ2n) is 5.45. The lowest BCUT2D eigenvalue weighted by atomic mass is 10.2. The van der Waals surface area contributed by atoms with Crippen LogP contribution in [0.15, 0.2) is 36.7 Å². The summed E-state index contributed by atoms with van der Waals surface area (Å²) in [6, 6.07) is 7.49. The van der Waals surface area contributed by atoms with Crippen LogP contribution in [0.25, 0.3) is 0 Å². The topological polar surface area (TPSA) is 81.6 Å². The molecule has 0 aliphatic carbocycles. The van der Waals surface area contributed by atoms with Gasteiger partial charge in [-0.05, 0) is 31.5 Å². The highest BCUT2D eigenvalue weighted by Gasteiger charge is 2.15. The predicted octanol–water partition coefficient (Wildman–Crippen LogP) is 2.00. The molecule has 0 saturated carbocycles. The van der Waals surface area contributed by atoms with Gasteiger partial charge in [-0.25, -0.2) is 9.78 Å². The largest absolute Gasteiger partial charge is 0.494 e. The van der Waals surface area contributed by atoms with Gasteiger partial charge in [-0.3, -0.25) is 9.78 Å². The van der Waals surface area contributed by atoms with Crippen molar-refractivity contribution in [3.8, 4) is 5.75 Å². The fourth-order valence-corrected chi connectivity index (χ4v) is 2.03. The van der Waals surface area contributed by atoms with Crippen molar-refractivity contribution >= 4 is 11.9 Å². The zero-order valence-electron chi connectivity index (χ0n) is 14.6. The van der Waals surface area contributed by atoms with Gasteiger partial charge in [0.25, 0.3) is 5.91 Å². The standard InChI is InChI=1S/C18H21N3O4/c1-4-24-15-7-5-14(6-8-15)11-21(3)17(22)12-25-18(23)16-10-19-13(2)9-20-16/h5-10H,4,11-12H2,1-3H3. The molecule has 0 N–H and O–H groups in total. The summed E-state index contributed by atoms with van der Waals surface area (Å²) < 4.78 is 10.4. The predicted molar refractivity (Wildman–Crippen MR) is 91.1 cm³/mol. The Labute approximate surface area is 146 Å². The van der Waals surface area contributed by atoms with Crippen LogP contribution in [0.5, 0.6) is 5.75 Å². The van der Waals surface area contributed by atoms with Gasteiger partial charge < -0.3 is 14.4 Å². The summed E-state index contributed by atoms with van der Waals surface area (Å²) in [6.45, 7) is 4.36. The summed E-state index contributed by atoms with van der Waals surface area (Å²) in [6.07, 6.45) is 2.79. The molecule has 0 atom stereocenters. The van der Waals surface area contributed by atoms with Crippen LogP contribution in [0.1, 0.15) is 28.7 Å². The van der Waals surface area contributed by atoms with Crippen molar-refractivity contribution < 1.29 is 19.1 Å². The van der Waals surface area contributed by atoms with E-state index in [4.69, 9.17) is 9.47 Å². The molecule has 2 rings (SSSR count). The van der Waals surface area contributed by atoms with Crippen molar-refractivity contribution in [2.75, 3.05) is 20.3 Å². The van der Waals surface area contributed by atoms with E-state index in [1.807, 2.05) is 31.2 Å². The molecule has 2 aromatic rings. The molecule has 0 fully saturated rings. The van der Waals surface area contributed by atoms with E-state index < -0.39 is 5.97 Å². The summed E-state index contributed by atoms with van der Waals surface area (Å²) in [5.74, 6) is -0.189. The first-order chi connectivity index (χ1) is 12.0. The fourth-order valence-electron chi connectivity index (χ4n) is 2.03. The first kappa shape index (κ1) is 18.4. The highest BCUT2D eigenvalue weighted by atomic mass is 16.5. The first-order valence-corrected chi connectivity index (χ1v) is 7.91. The van der Waals surface area contributed by atoms with Crippen molar-refractivity contribution in [1.82, 2.24) is 14.9 Å². The van der Waals surface area contributed by atoms with Gasteiger partial charge in [-0.2, -0.15) is 0 Å². The Morgan fingerprint density at radius 1 is 1.12 bits per heavy atom. The Morgan fingerprint density at radius 3 is 2.44 bits per heavy atom. The van der Waals surface area contributed by atoms with Gasteiger partial charge in [0.1, 0.15) is 5.75 Å². The van der Waals surface area contributed by atoms with Gasteiger partial charge in [0.05, 0.1) is 18.5 Å². The third-order valence-electron chi connectivity index (χ3n) is 3.40. The first-order valence-electron chi connectivity index (χ1n) is 7.91. The van der Waals surface area contributed by atoms with Crippen LogP contribution in [0, 0.1) is 6.92 Å². The minimum absolute atomic E-state index is 0.0764. The normalized spacial score (nSPS) is 10.2. The number of benzene rings is 1. The van der Waals surface area contributed by atoms with E-state index in [1.54, 1.807) is 14.0 Å². The van der Waals surface area contributed by atoms with E-state index in [2.05, 4.69) is 9.97 Å². The Balaban J connectivity index is 1.83. The van der Waals surface area contributed by atoms with Crippen LogP contribution in [0.4, 0.5) is 0 Å². The second-order valence-corrected chi connectivity index (χ2v) is 5.45. The number of likely N-dealkylation sites (N-methyl/N-ethyl adjacent to an activating group) is 1. The number of aromatic nitrogens is 2. The molecule has 1 amide bonds. The zero-order chi connectivity index (χ0) is 18.2. The third kappa shape index (κ3) is 5.56. The maximum atomic E-state index is 12.1. The average molecular weight is 343 g/mol. The molecule has 7 nitrogen and oxygen atoms in total. The van der Waals surface area contributed by atoms with E-state index in [0.29, 0.717) is 18.8 Å². The van der Waals surface area contributed by atoms with Gasteiger partial charge in [0.15, 0.2) is 12.3 Å². The van der Waals surface area contributed by atoms with Crippen molar-refractivity contribution in [2.24, 2.45) is 0 Å². The van der Waals surface area contributed by atoms with Gasteiger partial charge in [-0.15, -0.1) is 0 Å². The molecular formula is C18H21N3O4. The third-order valence-corrected chi connectivity index (χ3v) is 3.40. The highest BCUT2D eigenvalue weighted by molar-refractivity contribution is 5.89. The van der Waals surface area contributed by atoms with Crippen LogP contribution in [-0.2, 0) is 16.1 Å². The molecule has 0 spiro atoms. The Hall–Kier alpha value is -2.96. The lowest BCUT2D eigenvalue weighted by Crippen LogP contribution is -2.31. The summed E-state index contributed by atoms with van der Waals surface area (Å²) in [4.78, 5) is 33.3. The monoisotopic (exact) mass is 343 g/mol. The van der Waals surface area contributed by atoms with Gasteiger partial charge in [0.2, 0.25) is 0 Å². The van der Waals surface area contributed by atoms with Crippen LogP contribution >= 0.6 is 0 Å². The van der Waals surface area contributed by atoms with Crippen LogP contribution in [-0.4, -0.2) is 47.0 Å². The number of amides is 1. The number of aryl methyl sites for hydroxylation is 1. The highest BCUT2D eigenvalue weighted by Crippen LogP contribution is 2.13. The van der Waals surface area contributed by atoms with Gasteiger partial charge in [-0.1, -0.05) is 12.1 Å². The Kier molecular flexibility index (Phi) is 6.45. The van der Waals surface area contributed by atoms with Crippen LogP contribution in [0.3, 0.4) is 0 Å².